The topological polar surface area (TPSA) is 86.6 Å². The maximum Gasteiger partial charge on any atom is 0.405 e. The molecule has 0 heterocycles. The van der Waals surface area contributed by atoms with Crippen molar-refractivity contribution in [1.29, 1.82) is 0 Å². The van der Waals surface area contributed by atoms with Gasteiger partial charge in [-0.3, -0.25) is 4.57 Å². The fourth-order valence-corrected chi connectivity index (χ4v) is 0.454. The molecule has 1 unspecified atom stereocenters. The van der Waals surface area contributed by atoms with Crippen molar-refractivity contribution in [3.8, 4) is 0 Å². The molecule has 0 rings (SSSR count). The lowest BCUT2D eigenvalue weighted by Crippen LogP contribution is -2.19. The van der Waals surface area contributed by atoms with Crippen LogP contribution in [0.3, 0.4) is 0 Å². The molecular weight excluding hydrogens is 133 g/mol. The number of carboxylic acid groups (broad SMARTS) is 1. The van der Waals surface area contributed by atoms with Crippen LogP contribution >= 0.6 is 8.03 Å². The Labute approximate surface area is 46.2 Å². The molecule has 1 atom stereocenters. The van der Waals surface area contributed by atoms with E-state index in [2.05, 4.69) is 0 Å². The van der Waals surface area contributed by atoms with Crippen LogP contribution in [0.2, 0.25) is 0 Å². The fourth-order valence-electron chi connectivity index (χ4n) is 0.151. The minimum Gasteiger partial charge on any atom is -0.465 e. The second-order valence-electron chi connectivity index (χ2n) is 1.05. The molecule has 0 saturated carbocycles. The van der Waals surface area contributed by atoms with Crippen molar-refractivity contribution in [2.24, 2.45) is 0 Å². The molecule has 0 saturated heterocycles. The van der Waals surface area contributed by atoms with E-state index in [0.29, 0.717) is 0 Å². The molecule has 0 aliphatic carbocycles. The summed E-state index contributed by atoms with van der Waals surface area (Å²) in [5, 5.41) is 9.56. The molecule has 0 aliphatic heterocycles. The average Bonchev–Trinajstić information content (AvgIpc) is 1.61. The quantitative estimate of drug-likeness (QED) is 0.457. The summed E-state index contributed by atoms with van der Waals surface area (Å²) in [5.41, 5.74) is 0. The van der Waals surface area contributed by atoms with Gasteiger partial charge in [0.15, 0.2) is 0 Å². The minimum atomic E-state index is -2.67. The molecule has 48 valence electrons. The molecule has 0 aromatic heterocycles. The molecule has 1 amide bonds. The second-order valence-corrected chi connectivity index (χ2v) is 2.19. The zero-order valence-electron chi connectivity index (χ0n) is 3.92. The highest BCUT2D eigenvalue weighted by Crippen LogP contribution is 2.07. The highest BCUT2D eigenvalue weighted by atomic mass is 31.1. The van der Waals surface area contributed by atoms with Gasteiger partial charge in [-0.25, -0.2) is 4.79 Å². The first-order chi connectivity index (χ1) is 3.63. The van der Waals surface area contributed by atoms with E-state index in [-0.39, 0.29) is 6.29 Å². The van der Waals surface area contributed by atoms with E-state index in [4.69, 9.17) is 10.00 Å². The highest BCUT2D eigenvalue weighted by molar-refractivity contribution is 7.37. The van der Waals surface area contributed by atoms with Crippen molar-refractivity contribution in [3.63, 3.8) is 0 Å². The Bertz CT molecular complexity index is 98.6. The van der Waals surface area contributed by atoms with Crippen LogP contribution in [0.4, 0.5) is 4.79 Å². The van der Waals surface area contributed by atoms with Gasteiger partial charge in [0.25, 0.3) is 0 Å². The molecule has 0 fully saturated rings. The maximum atomic E-state index is 9.76. The number of hydrogen-bond donors (Lipinski definition) is 3. The molecule has 8 heavy (non-hydrogen) atoms. The third-order valence-electron chi connectivity index (χ3n) is 0.391. The molecule has 0 spiro atoms. The van der Waals surface area contributed by atoms with Crippen molar-refractivity contribution in [3.05, 3.63) is 0 Å². The lowest BCUT2D eigenvalue weighted by atomic mass is 11.1. The van der Waals surface area contributed by atoms with Crippen LogP contribution in [0.5, 0.6) is 0 Å². The molecule has 5 nitrogen and oxygen atoms in total. The predicted octanol–water partition coefficient (Wildman–Crippen LogP) is -0.322. The first-order valence-corrected chi connectivity index (χ1v) is 3.38. The van der Waals surface area contributed by atoms with E-state index in [1.165, 1.54) is 0 Å². The monoisotopic (exact) mass is 139 g/mol. The number of rotatable bonds is 2. The first-order valence-electron chi connectivity index (χ1n) is 1.81. The van der Waals surface area contributed by atoms with Gasteiger partial charge in [-0.15, -0.1) is 0 Å². The van der Waals surface area contributed by atoms with Crippen LogP contribution < -0.4 is 5.32 Å². The molecule has 3 N–H and O–H groups in total. The van der Waals surface area contributed by atoms with Crippen molar-refractivity contribution in [2.45, 2.75) is 0 Å². The lowest BCUT2D eigenvalue weighted by molar-refractivity contribution is 0.196. The summed E-state index contributed by atoms with van der Waals surface area (Å²) in [5.74, 6) is 0. The van der Waals surface area contributed by atoms with E-state index in [0.717, 1.165) is 0 Å². The first kappa shape index (κ1) is 7.46. The third-order valence-corrected chi connectivity index (χ3v) is 0.870. The molecule has 0 aromatic carbocycles. The molecule has 0 radical (unpaired) electrons. The summed E-state index contributed by atoms with van der Waals surface area (Å²) in [6.45, 7) is 0. The van der Waals surface area contributed by atoms with Gasteiger partial charge in [0.1, 0.15) is 0 Å². The predicted molar refractivity (Wildman–Crippen MR) is 27.2 cm³/mol. The Balaban J connectivity index is 3.18. The Morgan fingerprint density at radius 2 is 2.25 bits per heavy atom. The van der Waals surface area contributed by atoms with E-state index in [1.807, 2.05) is 0 Å². The second kappa shape index (κ2) is 3.46. The van der Waals surface area contributed by atoms with Crippen molar-refractivity contribution >= 4 is 14.1 Å². The number of amides is 1. The maximum absolute atomic E-state index is 9.76. The normalized spacial score (nSPS) is 12.6. The van der Waals surface area contributed by atoms with Crippen LogP contribution in [0.15, 0.2) is 0 Å². The van der Waals surface area contributed by atoms with Crippen molar-refractivity contribution < 1.29 is 19.4 Å². The Morgan fingerprint density at radius 1 is 1.75 bits per heavy atom. The SMILES string of the molecule is O=C(O)NC[PH](=O)O. The Morgan fingerprint density at radius 3 is 2.38 bits per heavy atom. The zero-order valence-corrected chi connectivity index (χ0v) is 4.92. The van der Waals surface area contributed by atoms with Crippen LogP contribution in [-0.4, -0.2) is 22.4 Å². The lowest BCUT2D eigenvalue weighted by Gasteiger charge is -1.92. The standard InChI is InChI=1S/C2H6NO4P/c4-2(5)3-1-8(6)7/h3,8H,1H2,(H,4,5)(H,6,7). The van der Waals surface area contributed by atoms with Gasteiger partial charge in [-0.05, 0) is 0 Å². The summed E-state index contributed by atoms with van der Waals surface area (Å²) in [4.78, 5) is 17.6. The van der Waals surface area contributed by atoms with Gasteiger partial charge in [0.2, 0.25) is 8.03 Å². The van der Waals surface area contributed by atoms with Gasteiger partial charge in [-0.1, -0.05) is 0 Å². The van der Waals surface area contributed by atoms with E-state index >= 15 is 0 Å². The Kier molecular flexibility index (Phi) is 3.23. The van der Waals surface area contributed by atoms with Gasteiger partial charge < -0.3 is 15.3 Å². The summed E-state index contributed by atoms with van der Waals surface area (Å²) in [6.07, 6.45) is -1.64. The molecule has 0 aromatic rings. The van der Waals surface area contributed by atoms with Crippen LogP contribution in [0.25, 0.3) is 0 Å². The summed E-state index contributed by atoms with van der Waals surface area (Å²) in [6, 6.07) is 0. The van der Waals surface area contributed by atoms with Gasteiger partial charge >= 0.3 is 6.09 Å². The number of carbonyl (C=O) groups is 1. The Hall–Kier alpha value is -0.540. The molecule has 0 bridgehead atoms. The number of nitrogens with one attached hydrogen (secondary N) is 1. The van der Waals surface area contributed by atoms with Gasteiger partial charge in [-0.2, -0.15) is 0 Å². The van der Waals surface area contributed by atoms with Gasteiger partial charge in [0.05, 0.1) is 6.29 Å². The van der Waals surface area contributed by atoms with Crippen molar-refractivity contribution in [2.75, 3.05) is 6.29 Å². The minimum absolute atomic E-state index is 0.361. The van der Waals surface area contributed by atoms with Crippen LogP contribution in [0, 0.1) is 0 Å². The third kappa shape index (κ3) is 5.46. The van der Waals surface area contributed by atoms with E-state index in [9.17, 15) is 9.36 Å². The van der Waals surface area contributed by atoms with E-state index < -0.39 is 14.1 Å². The van der Waals surface area contributed by atoms with E-state index in [1.54, 1.807) is 5.32 Å². The van der Waals surface area contributed by atoms with Gasteiger partial charge in [0, 0.05) is 0 Å². The van der Waals surface area contributed by atoms with Crippen molar-refractivity contribution in [1.82, 2.24) is 5.32 Å². The van der Waals surface area contributed by atoms with Crippen LogP contribution in [0.1, 0.15) is 0 Å². The summed E-state index contributed by atoms with van der Waals surface area (Å²) < 4.78 is 9.76. The summed E-state index contributed by atoms with van der Waals surface area (Å²) >= 11 is 0. The van der Waals surface area contributed by atoms with Crippen LogP contribution in [-0.2, 0) is 4.57 Å². The molecule has 6 heteroatoms. The fraction of sp³-hybridized carbons (Fsp3) is 0.500. The summed E-state index contributed by atoms with van der Waals surface area (Å²) in [7, 11) is -2.67. The molecular formula is C2H6NO4P. The molecule has 0 aliphatic rings. The largest absolute Gasteiger partial charge is 0.465 e. The zero-order chi connectivity index (χ0) is 6.57. The smallest absolute Gasteiger partial charge is 0.405 e. The number of hydrogen-bond acceptors (Lipinski definition) is 2. The highest BCUT2D eigenvalue weighted by Gasteiger charge is 1.94. The average molecular weight is 139 g/mol.